The Labute approximate surface area is 98.2 Å². The summed E-state index contributed by atoms with van der Waals surface area (Å²) >= 11 is 0. The summed E-state index contributed by atoms with van der Waals surface area (Å²) in [4.78, 5) is 2.10. The van der Waals surface area contributed by atoms with E-state index in [0.717, 1.165) is 19.2 Å². The molecule has 0 spiro atoms. The summed E-state index contributed by atoms with van der Waals surface area (Å²) in [6, 6.07) is 5.50. The molecule has 1 heterocycles. The summed E-state index contributed by atoms with van der Waals surface area (Å²) in [7, 11) is 0. The van der Waals surface area contributed by atoms with Gasteiger partial charge in [0, 0.05) is 19.6 Å². The van der Waals surface area contributed by atoms with Crippen LogP contribution in [0, 0.1) is 5.92 Å². The molecule has 94 valence electrons. The Morgan fingerprint density at radius 1 is 1.29 bits per heavy atom. The molecule has 17 heavy (non-hydrogen) atoms. The van der Waals surface area contributed by atoms with Crippen molar-refractivity contribution >= 4 is 0 Å². The predicted molar refractivity (Wildman–Crippen MR) is 59.3 cm³/mol. The predicted octanol–water partition coefficient (Wildman–Crippen LogP) is 2.10. The van der Waals surface area contributed by atoms with Gasteiger partial charge in [0.2, 0.25) is 0 Å². The van der Waals surface area contributed by atoms with Crippen molar-refractivity contribution in [2.24, 2.45) is 11.7 Å². The lowest BCUT2D eigenvalue weighted by atomic mass is 9.99. The molecule has 0 aliphatic carbocycles. The standard InChI is InChI=1S/C12H15F3N2/c13-12(14,15)11-3-1-2-9(4-11)6-17-7-10(5-16)8-17/h1-4,10H,5-8,16H2. The average molecular weight is 244 g/mol. The summed E-state index contributed by atoms with van der Waals surface area (Å²) in [5.41, 5.74) is 5.62. The van der Waals surface area contributed by atoms with Crippen molar-refractivity contribution in [2.45, 2.75) is 12.7 Å². The molecule has 0 saturated carbocycles. The molecule has 2 rings (SSSR count). The number of rotatable bonds is 3. The van der Waals surface area contributed by atoms with Gasteiger partial charge in [-0.15, -0.1) is 0 Å². The average Bonchev–Trinajstić information content (AvgIpc) is 2.22. The Kier molecular flexibility index (Phi) is 3.40. The van der Waals surface area contributed by atoms with Gasteiger partial charge in [0.15, 0.2) is 0 Å². The minimum absolute atomic E-state index is 0.501. The number of alkyl halides is 3. The Hall–Kier alpha value is -1.07. The lowest BCUT2D eigenvalue weighted by Gasteiger charge is -2.38. The summed E-state index contributed by atoms with van der Waals surface area (Å²) in [5, 5.41) is 0. The van der Waals surface area contributed by atoms with E-state index in [1.165, 1.54) is 12.1 Å². The molecule has 2 N–H and O–H groups in total. The first-order valence-electron chi connectivity index (χ1n) is 5.57. The molecule has 5 heteroatoms. The van der Waals surface area contributed by atoms with E-state index in [0.29, 0.717) is 24.6 Å². The minimum Gasteiger partial charge on any atom is -0.330 e. The molecule has 1 aromatic carbocycles. The van der Waals surface area contributed by atoms with E-state index in [9.17, 15) is 13.2 Å². The normalized spacial score (nSPS) is 18.1. The number of hydrogen-bond acceptors (Lipinski definition) is 2. The van der Waals surface area contributed by atoms with E-state index in [4.69, 9.17) is 5.73 Å². The Morgan fingerprint density at radius 2 is 2.00 bits per heavy atom. The molecule has 1 aliphatic rings. The Bertz CT molecular complexity index is 384. The molecular formula is C12H15F3N2. The van der Waals surface area contributed by atoms with Crippen molar-refractivity contribution in [1.29, 1.82) is 0 Å². The second-order valence-electron chi connectivity index (χ2n) is 4.49. The van der Waals surface area contributed by atoms with Gasteiger partial charge in [-0.2, -0.15) is 13.2 Å². The van der Waals surface area contributed by atoms with Crippen molar-refractivity contribution in [3.8, 4) is 0 Å². The lowest BCUT2D eigenvalue weighted by Crippen LogP contribution is -2.49. The van der Waals surface area contributed by atoms with Crippen LogP contribution in [0.15, 0.2) is 24.3 Å². The van der Waals surface area contributed by atoms with E-state index in [1.807, 2.05) is 0 Å². The number of likely N-dealkylation sites (tertiary alicyclic amines) is 1. The van der Waals surface area contributed by atoms with E-state index >= 15 is 0 Å². The third-order valence-corrected chi connectivity index (χ3v) is 3.03. The highest BCUT2D eigenvalue weighted by Gasteiger charge is 2.31. The van der Waals surface area contributed by atoms with E-state index in [-0.39, 0.29) is 0 Å². The first kappa shape index (κ1) is 12.4. The number of hydrogen-bond donors (Lipinski definition) is 1. The van der Waals surface area contributed by atoms with Crippen LogP contribution in [0.2, 0.25) is 0 Å². The summed E-state index contributed by atoms with van der Waals surface area (Å²) < 4.78 is 37.5. The summed E-state index contributed by atoms with van der Waals surface area (Å²) in [6.07, 6.45) is -4.26. The summed E-state index contributed by atoms with van der Waals surface area (Å²) in [5.74, 6) is 0.501. The van der Waals surface area contributed by atoms with Gasteiger partial charge in [-0.05, 0) is 24.1 Å². The third kappa shape index (κ3) is 2.98. The number of nitrogens with zero attached hydrogens (tertiary/aromatic N) is 1. The lowest BCUT2D eigenvalue weighted by molar-refractivity contribution is -0.137. The number of halogens is 3. The highest BCUT2D eigenvalue weighted by molar-refractivity contribution is 5.25. The monoisotopic (exact) mass is 244 g/mol. The molecule has 0 bridgehead atoms. The largest absolute Gasteiger partial charge is 0.416 e. The zero-order chi connectivity index (χ0) is 12.5. The maximum atomic E-state index is 12.5. The number of nitrogens with two attached hydrogens (primary N) is 1. The van der Waals surface area contributed by atoms with Crippen molar-refractivity contribution in [1.82, 2.24) is 4.90 Å². The second kappa shape index (κ2) is 4.66. The van der Waals surface area contributed by atoms with Crippen molar-refractivity contribution in [2.75, 3.05) is 19.6 Å². The van der Waals surface area contributed by atoms with Gasteiger partial charge >= 0.3 is 6.18 Å². The Balaban J connectivity index is 1.98. The van der Waals surface area contributed by atoms with Crippen LogP contribution in [0.25, 0.3) is 0 Å². The van der Waals surface area contributed by atoms with E-state index in [2.05, 4.69) is 4.90 Å². The highest BCUT2D eigenvalue weighted by Crippen LogP contribution is 2.30. The number of benzene rings is 1. The zero-order valence-electron chi connectivity index (χ0n) is 9.37. The molecular weight excluding hydrogens is 229 g/mol. The zero-order valence-corrected chi connectivity index (χ0v) is 9.37. The molecule has 0 radical (unpaired) electrons. The summed E-state index contributed by atoms with van der Waals surface area (Å²) in [6.45, 7) is 2.99. The molecule has 1 aliphatic heterocycles. The SMILES string of the molecule is NCC1CN(Cc2cccc(C(F)(F)F)c2)C1. The van der Waals surface area contributed by atoms with Crippen LogP contribution in [0.5, 0.6) is 0 Å². The van der Waals surface area contributed by atoms with Gasteiger partial charge in [-0.25, -0.2) is 0 Å². The van der Waals surface area contributed by atoms with Crippen molar-refractivity contribution in [3.63, 3.8) is 0 Å². The minimum atomic E-state index is -4.26. The molecule has 1 saturated heterocycles. The van der Waals surface area contributed by atoms with Crippen LogP contribution in [-0.2, 0) is 12.7 Å². The highest BCUT2D eigenvalue weighted by atomic mass is 19.4. The van der Waals surface area contributed by atoms with Crippen LogP contribution >= 0.6 is 0 Å². The molecule has 2 nitrogen and oxygen atoms in total. The van der Waals surface area contributed by atoms with E-state index in [1.54, 1.807) is 6.07 Å². The molecule has 0 unspecified atom stereocenters. The fraction of sp³-hybridized carbons (Fsp3) is 0.500. The topological polar surface area (TPSA) is 29.3 Å². The quantitative estimate of drug-likeness (QED) is 0.882. The molecule has 1 fully saturated rings. The van der Waals surface area contributed by atoms with Gasteiger partial charge in [0.25, 0.3) is 0 Å². The third-order valence-electron chi connectivity index (χ3n) is 3.03. The molecule has 0 aromatic heterocycles. The van der Waals surface area contributed by atoms with Crippen LogP contribution in [0.1, 0.15) is 11.1 Å². The van der Waals surface area contributed by atoms with Gasteiger partial charge in [0.1, 0.15) is 0 Å². The molecule has 1 aromatic rings. The molecule has 0 atom stereocenters. The van der Waals surface area contributed by atoms with Crippen LogP contribution in [0.4, 0.5) is 13.2 Å². The second-order valence-corrected chi connectivity index (χ2v) is 4.49. The fourth-order valence-electron chi connectivity index (χ4n) is 2.06. The maximum absolute atomic E-state index is 12.5. The van der Waals surface area contributed by atoms with Gasteiger partial charge in [-0.1, -0.05) is 18.2 Å². The van der Waals surface area contributed by atoms with Gasteiger partial charge in [0.05, 0.1) is 5.56 Å². The first-order valence-corrected chi connectivity index (χ1v) is 5.57. The molecule has 0 amide bonds. The first-order chi connectivity index (χ1) is 7.99. The van der Waals surface area contributed by atoms with Gasteiger partial charge < -0.3 is 5.73 Å². The van der Waals surface area contributed by atoms with E-state index < -0.39 is 11.7 Å². The fourth-order valence-corrected chi connectivity index (χ4v) is 2.06. The van der Waals surface area contributed by atoms with Crippen molar-refractivity contribution in [3.05, 3.63) is 35.4 Å². The smallest absolute Gasteiger partial charge is 0.330 e. The Morgan fingerprint density at radius 3 is 2.59 bits per heavy atom. The van der Waals surface area contributed by atoms with Crippen LogP contribution < -0.4 is 5.73 Å². The van der Waals surface area contributed by atoms with Crippen molar-refractivity contribution < 1.29 is 13.2 Å². The maximum Gasteiger partial charge on any atom is 0.416 e. The van der Waals surface area contributed by atoms with Crippen LogP contribution in [0.3, 0.4) is 0 Å². The van der Waals surface area contributed by atoms with Crippen LogP contribution in [-0.4, -0.2) is 24.5 Å². The van der Waals surface area contributed by atoms with Gasteiger partial charge in [-0.3, -0.25) is 4.90 Å².